The van der Waals surface area contributed by atoms with Gasteiger partial charge in [0.15, 0.2) is 0 Å². The minimum absolute atomic E-state index is 0.0655. The lowest BCUT2D eigenvalue weighted by molar-refractivity contribution is -0.274. The minimum atomic E-state index is -4.84. The second-order valence-corrected chi connectivity index (χ2v) is 9.38. The normalized spacial score (nSPS) is 18.9. The topological polar surface area (TPSA) is 18.5 Å². The third-order valence-corrected chi connectivity index (χ3v) is 6.72. The van der Waals surface area contributed by atoms with Gasteiger partial charge in [-0.3, -0.25) is 0 Å². The highest BCUT2D eigenvalue weighted by Crippen LogP contribution is 2.41. The van der Waals surface area contributed by atoms with Crippen LogP contribution in [0.15, 0.2) is 36.4 Å². The molecule has 0 unspecified atom stereocenters. The van der Waals surface area contributed by atoms with Crippen molar-refractivity contribution in [2.45, 2.75) is 83.1 Å². The molecule has 1 saturated carbocycles. The van der Waals surface area contributed by atoms with Crippen molar-refractivity contribution < 1.29 is 40.2 Å². The van der Waals surface area contributed by atoms with Crippen molar-refractivity contribution in [3.8, 4) is 5.75 Å². The fraction of sp³-hybridized carbons (Fsp3) is 0.556. The van der Waals surface area contributed by atoms with Crippen molar-refractivity contribution in [3.63, 3.8) is 0 Å². The molecular formula is C27H31F7O2. The van der Waals surface area contributed by atoms with Crippen LogP contribution in [0.25, 0.3) is 0 Å². The van der Waals surface area contributed by atoms with E-state index in [4.69, 9.17) is 0 Å². The van der Waals surface area contributed by atoms with Gasteiger partial charge in [-0.15, -0.1) is 13.2 Å². The van der Waals surface area contributed by atoms with Crippen LogP contribution in [0.2, 0.25) is 0 Å². The van der Waals surface area contributed by atoms with Gasteiger partial charge in [0.25, 0.3) is 0 Å². The number of hydrogen-bond donors (Lipinski definition) is 0. The average Bonchev–Trinajstić information content (AvgIpc) is 2.79. The first-order valence-corrected chi connectivity index (χ1v) is 12.3. The molecule has 1 aliphatic carbocycles. The summed E-state index contributed by atoms with van der Waals surface area (Å²) in [7, 11) is 0. The number of benzene rings is 2. The summed E-state index contributed by atoms with van der Waals surface area (Å²) in [6.07, 6.45) is -1.02. The summed E-state index contributed by atoms with van der Waals surface area (Å²) in [5, 5.41) is 0. The quantitative estimate of drug-likeness (QED) is 0.217. The Balaban J connectivity index is 1.56. The summed E-state index contributed by atoms with van der Waals surface area (Å²) in [5.41, 5.74) is -0.659. The Morgan fingerprint density at radius 3 is 2.03 bits per heavy atom. The molecule has 3 rings (SSSR count). The Morgan fingerprint density at radius 2 is 1.47 bits per heavy atom. The minimum Gasteiger partial charge on any atom is -0.406 e. The summed E-state index contributed by atoms with van der Waals surface area (Å²) in [6, 6.07) is 6.57. The van der Waals surface area contributed by atoms with Gasteiger partial charge in [0.2, 0.25) is 0 Å². The Bertz CT molecular complexity index is 942. The van der Waals surface area contributed by atoms with Gasteiger partial charge in [0.05, 0.1) is 6.61 Å². The highest BCUT2D eigenvalue weighted by molar-refractivity contribution is 5.31. The van der Waals surface area contributed by atoms with Crippen LogP contribution in [-0.2, 0) is 17.3 Å². The molecule has 1 fully saturated rings. The van der Waals surface area contributed by atoms with Crippen LogP contribution in [-0.4, -0.2) is 13.0 Å². The van der Waals surface area contributed by atoms with E-state index in [1.54, 1.807) is 0 Å². The van der Waals surface area contributed by atoms with Crippen molar-refractivity contribution in [2.75, 3.05) is 6.61 Å². The van der Waals surface area contributed by atoms with Crippen LogP contribution >= 0.6 is 0 Å². The first kappa shape index (κ1) is 28.3. The first-order chi connectivity index (χ1) is 17.0. The lowest BCUT2D eigenvalue weighted by Gasteiger charge is -2.29. The fourth-order valence-corrected chi connectivity index (χ4v) is 4.80. The maximum absolute atomic E-state index is 14.7. The fourth-order valence-electron chi connectivity index (χ4n) is 4.80. The Kier molecular flexibility index (Phi) is 9.66. The van der Waals surface area contributed by atoms with Crippen molar-refractivity contribution in [1.29, 1.82) is 0 Å². The molecule has 0 spiro atoms. The molecule has 0 bridgehead atoms. The van der Waals surface area contributed by atoms with E-state index >= 15 is 0 Å². The van der Waals surface area contributed by atoms with Crippen molar-refractivity contribution in [3.05, 3.63) is 64.7 Å². The van der Waals surface area contributed by atoms with E-state index in [0.717, 1.165) is 62.8 Å². The zero-order valence-electron chi connectivity index (χ0n) is 20.2. The van der Waals surface area contributed by atoms with Crippen molar-refractivity contribution in [2.24, 2.45) is 5.92 Å². The molecule has 2 nitrogen and oxygen atoms in total. The molecule has 0 saturated heterocycles. The number of hydrogen-bond acceptors (Lipinski definition) is 2. The van der Waals surface area contributed by atoms with Crippen molar-refractivity contribution in [1.82, 2.24) is 0 Å². The highest BCUT2D eigenvalue weighted by Gasteiger charge is 2.40. The van der Waals surface area contributed by atoms with Gasteiger partial charge in [-0.25, -0.2) is 8.78 Å². The van der Waals surface area contributed by atoms with Gasteiger partial charge < -0.3 is 9.47 Å². The summed E-state index contributed by atoms with van der Waals surface area (Å²) < 4.78 is 103. The van der Waals surface area contributed by atoms with Gasteiger partial charge in [0, 0.05) is 0 Å². The standard InChI is InChI=1S/C27H31F7O2/c1-2-3-4-5-18-6-10-20(11-7-18)21-16-23(28)25(24(29)17-21)26(30,31)35-15-14-19-8-12-22(13-9-19)36-27(32,33)34/h8-9,12-13,16-18,20H,2-7,10-11,14-15H2,1H3. The molecule has 2 aromatic rings. The predicted molar refractivity (Wildman–Crippen MR) is 122 cm³/mol. The van der Waals surface area contributed by atoms with E-state index in [-0.39, 0.29) is 12.3 Å². The second-order valence-electron chi connectivity index (χ2n) is 9.38. The molecule has 36 heavy (non-hydrogen) atoms. The van der Waals surface area contributed by atoms with Crippen LogP contribution in [0, 0.1) is 17.6 Å². The number of ether oxygens (including phenoxy) is 2. The van der Waals surface area contributed by atoms with E-state index in [1.165, 1.54) is 25.0 Å². The number of alkyl halides is 5. The molecular weight excluding hydrogens is 489 g/mol. The monoisotopic (exact) mass is 520 g/mol. The van der Waals surface area contributed by atoms with Crippen LogP contribution in [0.1, 0.15) is 80.9 Å². The van der Waals surface area contributed by atoms with Crippen LogP contribution in [0.3, 0.4) is 0 Å². The average molecular weight is 521 g/mol. The molecule has 0 heterocycles. The lowest BCUT2D eigenvalue weighted by Crippen LogP contribution is -2.24. The molecule has 0 radical (unpaired) electrons. The van der Waals surface area contributed by atoms with E-state index < -0.39 is 42.0 Å². The lowest BCUT2D eigenvalue weighted by atomic mass is 9.77. The number of unbranched alkanes of at least 4 members (excludes halogenated alkanes) is 2. The van der Waals surface area contributed by atoms with Gasteiger partial charge in [0.1, 0.15) is 22.9 Å². The summed E-state index contributed by atoms with van der Waals surface area (Å²) in [5.74, 6) is -2.62. The van der Waals surface area contributed by atoms with Gasteiger partial charge in [-0.1, -0.05) is 44.7 Å². The molecule has 200 valence electrons. The predicted octanol–water partition coefficient (Wildman–Crippen LogP) is 9.03. The Labute approximate surface area is 206 Å². The molecule has 9 heteroatoms. The van der Waals surface area contributed by atoms with Crippen LogP contribution in [0.4, 0.5) is 30.7 Å². The zero-order chi connectivity index (χ0) is 26.3. The third-order valence-electron chi connectivity index (χ3n) is 6.72. The largest absolute Gasteiger partial charge is 0.573 e. The molecule has 0 atom stereocenters. The summed E-state index contributed by atoms with van der Waals surface area (Å²) >= 11 is 0. The third kappa shape index (κ3) is 8.11. The van der Waals surface area contributed by atoms with Crippen LogP contribution in [0.5, 0.6) is 5.75 Å². The van der Waals surface area contributed by atoms with E-state index in [2.05, 4.69) is 16.4 Å². The maximum Gasteiger partial charge on any atom is 0.573 e. The van der Waals surface area contributed by atoms with Gasteiger partial charge >= 0.3 is 12.5 Å². The number of halogens is 7. The summed E-state index contributed by atoms with van der Waals surface area (Å²) in [4.78, 5) is 0. The SMILES string of the molecule is CCCCCC1CCC(c2cc(F)c(C(F)(F)OCCc3ccc(OC(F)(F)F)cc3)c(F)c2)CC1. The first-order valence-electron chi connectivity index (χ1n) is 12.3. The summed E-state index contributed by atoms with van der Waals surface area (Å²) in [6.45, 7) is 1.55. The molecule has 0 aromatic heterocycles. The van der Waals surface area contributed by atoms with Gasteiger partial charge in [-0.2, -0.15) is 8.78 Å². The van der Waals surface area contributed by atoms with E-state index in [1.807, 2.05) is 0 Å². The Hall–Kier alpha value is -2.29. The van der Waals surface area contributed by atoms with Crippen molar-refractivity contribution >= 4 is 0 Å². The molecule has 0 aliphatic heterocycles. The molecule has 1 aliphatic rings. The number of rotatable bonds is 11. The van der Waals surface area contributed by atoms with E-state index in [9.17, 15) is 30.7 Å². The molecule has 0 amide bonds. The van der Waals surface area contributed by atoms with Crippen LogP contribution < -0.4 is 4.74 Å². The molecule has 2 aromatic carbocycles. The molecule has 0 N–H and O–H groups in total. The Morgan fingerprint density at radius 1 is 0.861 bits per heavy atom. The second kappa shape index (κ2) is 12.3. The van der Waals surface area contributed by atoms with E-state index in [0.29, 0.717) is 17.0 Å². The highest BCUT2D eigenvalue weighted by atomic mass is 19.4. The smallest absolute Gasteiger partial charge is 0.406 e. The zero-order valence-corrected chi connectivity index (χ0v) is 20.2. The van der Waals surface area contributed by atoms with Gasteiger partial charge in [-0.05, 0) is 79.3 Å². The maximum atomic E-state index is 14.7.